The van der Waals surface area contributed by atoms with Crippen molar-refractivity contribution in [3.05, 3.63) is 11.6 Å². The normalized spacial score (nSPS) is 12.9. The number of rotatable bonds is 4. The standard InChI is InChI=1S/C9H14N2OS2/c1-6(2)11-8(12)7(3)14-9-10-4-5-13-9/h4-7H,1-3H3,(H,11,12)/t7-/m1/s1. The number of hydrogen-bond acceptors (Lipinski definition) is 4. The van der Waals surface area contributed by atoms with Gasteiger partial charge in [0.25, 0.3) is 0 Å². The van der Waals surface area contributed by atoms with E-state index in [1.54, 1.807) is 17.5 Å². The Morgan fingerprint density at radius 3 is 2.79 bits per heavy atom. The number of nitrogens with zero attached hydrogens (tertiary/aromatic N) is 1. The number of nitrogens with one attached hydrogen (secondary N) is 1. The lowest BCUT2D eigenvalue weighted by atomic mass is 10.3. The summed E-state index contributed by atoms with van der Waals surface area (Å²) in [6.07, 6.45) is 1.75. The fourth-order valence-corrected chi connectivity index (χ4v) is 2.66. The summed E-state index contributed by atoms with van der Waals surface area (Å²) in [6, 6.07) is 0.196. The highest BCUT2D eigenvalue weighted by Crippen LogP contribution is 2.24. The molecule has 1 N–H and O–H groups in total. The Balaban J connectivity index is 2.42. The topological polar surface area (TPSA) is 42.0 Å². The van der Waals surface area contributed by atoms with E-state index in [2.05, 4.69) is 10.3 Å². The molecule has 0 aliphatic heterocycles. The van der Waals surface area contributed by atoms with E-state index in [1.807, 2.05) is 26.2 Å². The highest BCUT2D eigenvalue weighted by molar-refractivity contribution is 8.02. The quantitative estimate of drug-likeness (QED) is 0.806. The van der Waals surface area contributed by atoms with Gasteiger partial charge in [-0.05, 0) is 20.8 Å². The first-order chi connectivity index (χ1) is 6.59. The lowest BCUT2D eigenvalue weighted by molar-refractivity contribution is -0.120. The average Bonchev–Trinajstić information content (AvgIpc) is 2.55. The molecule has 0 bridgehead atoms. The van der Waals surface area contributed by atoms with Crippen molar-refractivity contribution in [1.82, 2.24) is 10.3 Å². The fraction of sp³-hybridized carbons (Fsp3) is 0.556. The molecule has 0 saturated carbocycles. The molecule has 78 valence electrons. The highest BCUT2D eigenvalue weighted by atomic mass is 32.2. The van der Waals surface area contributed by atoms with Crippen LogP contribution < -0.4 is 5.32 Å². The molecular weight excluding hydrogens is 216 g/mol. The third-order valence-electron chi connectivity index (χ3n) is 1.49. The second-order valence-corrected chi connectivity index (χ2v) is 5.70. The number of thiazole rings is 1. The Kier molecular flexibility index (Phi) is 4.41. The maximum Gasteiger partial charge on any atom is 0.233 e. The molecule has 0 aliphatic rings. The van der Waals surface area contributed by atoms with E-state index in [-0.39, 0.29) is 17.2 Å². The van der Waals surface area contributed by atoms with Crippen LogP contribution >= 0.6 is 23.1 Å². The van der Waals surface area contributed by atoms with Crippen molar-refractivity contribution < 1.29 is 4.79 Å². The molecule has 3 nitrogen and oxygen atoms in total. The molecule has 1 rings (SSSR count). The Hall–Kier alpha value is -0.550. The van der Waals surface area contributed by atoms with E-state index in [0.717, 1.165) is 4.34 Å². The average molecular weight is 230 g/mol. The van der Waals surface area contributed by atoms with Crippen molar-refractivity contribution in [2.45, 2.75) is 36.4 Å². The molecule has 1 heterocycles. The van der Waals surface area contributed by atoms with Gasteiger partial charge in [0.05, 0.1) is 5.25 Å². The van der Waals surface area contributed by atoms with Gasteiger partial charge in [-0.2, -0.15) is 0 Å². The van der Waals surface area contributed by atoms with Crippen LogP contribution in [0.5, 0.6) is 0 Å². The van der Waals surface area contributed by atoms with Crippen LogP contribution in [-0.2, 0) is 4.79 Å². The van der Waals surface area contributed by atoms with Gasteiger partial charge < -0.3 is 5.32 Å². The fourth-order valence-electron chi connectivity index (χ4n) is 0.875. The molecular formula is C9H14N2OS2. The summed E-state index contributed by atoms with van der Waals surface area (Å²) in [5.41, 5.74) is 0. The molecule has 5 heteroatoms. The SMILES string of the molecule is CC(C)NC(=O)[C@@H](C)Sc1nccs1. The maximum absolute atomic E-state index is 11.5. The molecule has 1 atom stereocenters. The van der Waals surface area contributed by atoms with Gasteiger partial charge in [-0.1, -0.05) is 11.8 Å². The summed E-state index contributed by atoms with van der Waals surface area (Å²) in [4.78, 5) is 15.6. The lowest BCUT2D eigenvalue weighted by Gasteiger charge is -2.12. The predicted octanol–water partition coefficient (Wildman–Crippen LogP) is 2.15. The summed E-state index contributed by atoms with van der Waals surface area (Å²) in [6.45, 7) is 5.81. The van der Waals surface area contributed by atoms with Crippen molar-refractivity contribution in [2.75, 3.05) is 0 Å². The zero-order valence-electron chi connectivity index (χ0n) is 8.48. The molecule has 0 fully saturated rings. The van der Waals surface area contributed by atoms with Gasteiger partial charge in [-0.15, -0.1) is 11.3 Å². The van der Waals surface area contributed by atoms with Crippen molar-refractivity contribution in [3.8, 4) is 0 Å². The molecule has 14 heavy (non-hydrogen) atoms. The number of carbonyl (C=O) groups excluding carboxylic acids is 1. The number of carbonyl (C=O) groups is 1. The van der Waals surface area contributed by atoms with Gasteiger partial charge in [-0.3, -0.25) is 4.79 Å². The summed E-state index contributed by atoms with van der Waals surface area (Å²) in [5, 5.41) is 4.70. The first-order valence-corrected chi connectivity index (χ1v) is 6.22. The van der Waals surface area contributed by atoms with Crippen molar-refractivity contribution in [1.29, 1.82) is 0 Å². The Bertz CT molecular complexity index is 285. The molecule has 1 amide bonds. The molecule has 0 unspecified atom stereocenters. The molecule has 1 aromatic heterocycles. The molecule has 0 spiro atoms. The first kappa shape index (κ1) is 11.5. The van der Waals surface area contributed by atoms with Crippen molar-refractivity contribution >= 4 is 29.0 Å². The Morgan fingerprint density at radius 2 is 2.29 bits per heavy atom. The number of hydrogen-bond donors (Lipinski definition) is 1. The molecule has 1 aromatic rings. The Morgan fingerprint density at radius 1 is 1.57 bits per heavy atom. The van der Waals surface area contributed by atoms with Crippen LogP contribution in [0, 0.1) is 0 Å². The van der Waals surface area contributed by atoms with Crippen molar-refractivity contribution in [2.24, 2.45) is 0 Å². The van der Waals surface area contributed by atoms with Crippen LogP contribution in [0.2, 0.25) is 0 Å². The van der Waals surface area contributed by atoms with Crippen LogP contribution in [-0.4, -0.2) is 22.2 Å². The monoisotopic (exact) mass is 230 g/mol. The van der Waals surface area contributed by atoms with E-state index in [0.29, 0.717) is 0 Å². The smallest absolute Gasteiger partial charge is 0.233 e. The van der Waals surface area contributed by atoms with Crippen LogP contribution in [0.1, 0.15) is 20.8 Å². The minimum absolute atomic E-state index is 0.0696. The van der Waals surface area contributed by atoms with E-state index < -0.39 is 0 Å². The number of thioether (sulfide) groups is 1. The van der Waals surface area contributed by atoms with Crippen LogP contribution in [0.15, 0.2) is 15.9 Å². The van der Waals surface area contributed by atoms with Crippen molar-refractivity contribution in [3.63, 3.8) is 0 Å². The maximum atomic E-state index is 11.5. The number of aromatic nitrogens is 1. The van der Waals surface area contributed by atoms with E-state index in [1.165, 1.54) is 11.8 Å². The molecule has 0 aliphatic carbocycles. The minimum atomic E-state index is -0.0800. The van der Waals surface area contributed by atoms with Gasteiger partial charge in [-0.25, -0.2) is 4.98 Å². The summed E-state index contributed by atoms with van der Waals surface area (Å²) in [5.74, 6) is 0.0696. The summed E-state index contributed by atoms with van der Waals surface area (Å²) >= 11 is 3.06. The van der Waals surface area contributed by atoms with Gasteiger partial charge in [0.2, 0.25) is 5.91 Å². The van der Waals surface area contributed by atoms with E-state index in [9.17, 15) is 4.79 Å². The molecule has 0 radical (unpaired) electrons. The first-order valence-electron chi connectivity index (χ1n) is 4.46. The van der Waals surface area contributed by atoms with Gasteiger partial charge >= 0.3 is 0 Å². The van der Waals surface area contributed by atoms with E-state index in [4.69, 9.17) is 0 Å². The zero-order valence-corrected chi connectivity index (χ0v) is 10.1. The van der Waals surface area contributed by atoms with Crippen LogP contribution in [0.25, 0.3) is 0 Å². The molecule has 0 aromatic carbocycles. The third-order valence-corrected chi connectivity index (χ3v) is 3.50. The summed E-state index contributed by atoms with van der Waals surface area (Å²) < 4.78 is 0.941. The van der Waals surface area contributed by atoms with E-state index >= 15 is 0 Å². The van der Waals surface area contributed by atoms with Gasteiger partial charge in [0, 0.05) is 17.6 Å². The Labute approximate surface area is 92.3 Å². The molecule has 0 saturated heterocycles. The van der Waals surface area contributed by atoms with Gasteiger partial charge in [0.15, 0.2) is 4.34 Å². The number of amides is 1. The zero-order chi connectivity index (χ0) is 10.6. The lowest BCUT2D eigenvalue weighted by Crippen LogP contribution is -2.35. The summed E-state index contributed by atoms with van der Waals surface area (Å²) in [7, 11) is 0. The predicted molar refractivity (Wildman–Crippen MR) is 60.7 cm³/mol. The van der Waals surface area contributed by atoms with Gasteiger partial charge in [0.1, 0.15) is 0 Å². The second-order valence-electron chi connectivity index (χ2n) is 3.22. The third kappa shape index (κ3) is 3.67. The minimum Gasteiger partial charge on any atom is -0.353 e. The van der Waals surface area contributed by atoms with Crippen LogP contribution in [0.4, 0.5) is 0 Å². The largest absolute Gasteiger partial charge is 0.353 e. The highest BCUT2D eigenvalue weighted by Gasteiger charge is 2.15. The van der Waals surface area contributed by atoms with Crippen LogP contribution in [0.3, 0.4) is 0 Å². The second kappa shape index (κ2) is 5.36.